The van der Waals surface area contributed by atoms with Crippen LogP contribution in [0.1, 0.15) is 49.2 Å². The van der Waals surface area contributed by atoms with Gasteiger partial charge in [-0.25, -0.2) is 9.97 Å². The summed E-state index contributed by atoms with van der Waals surface area (Å²) in [5.41, 5.74) is 3.80. The Morgan fingerprint density at radius 2 is 1.13 bits per heavy atom. The Kier molecular flexibility index (Phi) is 8.33. The van der Waals surface area contributed by atoms with Gasteiger partial charge >= 0.3 is 0 Å². The van der Waals surface area contributed by atoms with Crippen molar-refractivity contribution in [3.63, 3.8) is 0 Å². The van der Waals surface area contributed by atoms with Gasteiger partial charge < -0.3 is 9.97 Å². The Morgan fingerprint density at radius 3 is 1.50 bits per heavy atom. The Hall–Kier alpha value is -2.32. The molecule has 0 amide bonds. The zero-order valence-corrected chi connectivity index (χ0v) is 18.9. The monoisotopic (exact) mass is 442 g/mol. The molecule has 0 aliphatic rings. The van der Waals surface area contributed by atoms with Gasteiger partial charge in [-0.3, -0.25) is 9.59 Å². The number of H-pyrrole nitrogens is 2. The van der Waals surface area contributed by atoms with Gasteiger partial charge in [0.2, 0.25) is 0 Å². The van der Waals surface area contributed by atoms with Crippen LogP contribution in [0.4, 0.5) is 0 Å². The lowest BCUT2D eigenvalue weighted by molar-refractivity contribution is 0.815. The van der Waals surface area contributed by atoms with Gasteiger partial charge in [0.05, 0.1) is 0 Å². The lowest BCUT2D eigenvalue weighted by Gasteiger charge is -2.06. The number of benzene rings is 1. The lowest BCUT2D eigenvalue weighted by atomic mass is 10.2. The molecule has 30 heavy (non-hydrogen) atoms. The summed E-state index contributed by atoms with van der Waals surface area (Å²) in [5.74, 6) is 1.47. The fourth-order valence-electron chi connectivity index (χ4n) is 2.91. The first kappa shape index (κ1) is 22.4. The van der Waals surface area contributed by atoms with E-state index in [9.17, 15) is 9.59 Å². The number of hydrogen-bond donors (Lipinski definition) is 2. The number of thioether (sulfide) groups is 2. The van der Waals surface area contributed by atoms with Gasteiger partial charge in [-0.15, -0.1) is 0 Å². The number of nitrogens with zero attached hydrogens (tertiary/aromatic N) is 2. The van der Waals surface area contributed by atoms with Crippen LogP contribution in [0.2, 0.25) is 0 Å². The van der Waals surface area contributed by atoms with Crippen molar-refractivity contribution in [2.75, 3.05) is 0 Å². The van der Waals surface area contributed by atoms with Crippen molar-refractivity contribution in [2.24, 2.45) is 0 Å². The highest BCUT2D eigenvalue weighted by atomic mass is 32.2. The maximum absolute atomic E-state index is 11.8. The van der Waals surface area contributed by atoms with Crippen molar-refractivity contribution in [2.45, 2.75) is 61.3 Å². The molecule has 0 aliphatic carbocycles. The minimum absolute atomic E-state index is 0.0991. The topological polar surface area (TPSA) is 91.5 Å². The summed E-state index contributed by atoms with van der Waals surface area (Å²) < 4.78 is 0. The fourth-order valence-corrected chi connectivity index (χ4v) is 4.61. The molecule has 158 valence electrons. The van der Waals surface area contributed by atoms with Crippen molar-refractivity contribution in [1.82, 2.24) is 19.9 Å². The minimum atomic E-state index is -0.0991. The fraction of sp³-hybridized carbons (Fsp3) is 0.364. The molecule has 0 saturated heterocycles. The number of hydrogen-bond acceptors (Lipinski definition) is 6. The molecule has 3 aromatic rings. The summed E-state index contributed by atoms with van der Waals surface area (Å²) in [4.78, 5) is 38.2. The summed E-state index contributed by atoms with van der Waals surface area (Å²) in [6.45, 7) is 4.15. The van der Waals surface area contributed by atoms with Crippen molar-refractivity contribution in [1.29, 1.82) is 0 Å². The summed E-state index contributed by atoms with van der Waals surface area (Å²) in [7, 11) is 0. The van der Waals surface area contributed by atoms with Crippen molar-refractivity contribution >= 4 is 23.5 Å². The van der Waals surface area contributed by atoms with E-state index in [0.717, 1.165) is 59.7 Å². The minimum Gasteiger partial charge on any atom is -0.301 e. The molecule has 0 atom stereocenters. The van der Waals surface area contributed by atoms with Crippen LogP contribution in [0, 0.1) is 0 Å². The maximum atomic E-state index is 11.8. The second-order valence-electron chi connectivity index (χ2n) is 6.98. The van der Waals surface area contributed by atoms with Gasteiger partial charge in [-0.05, 0) is 24.0 Å². The number of nitrogens with one attached hydrogen (secondary N) is 2. The summed E-state index contributed by atoms with van der Waals surface area (Å²) in [6.07, 6.45) is 3.55. The number of aromatic nitrogens is 4. The third kappa shape index (κ3) is 6.88. The number of aryl methyl sites for hydroxylation is 2. The van der Waals surface area contributed by atoms with E-state index >= 15 is 0 Å². The van der Waals surface area contributed by atoms with Crippen LogP contribution in [-0.4, -0.2) is 19.9 Å². The van der Waals surface area contributed by atoms with Crippen LogP contribution in [0.3, 0.4) is 0 Å². The van der Waals surface area contributed by atoms with Gasteiger partial charge in [0.15, 0.2) is 10.3 Å². The highest BCUT2D eigenvalue weighted by Gasteiger charge is 2.05. The molecule has 0 unspecified atom stereocenters. The second-order valence-corrected chi connectivity index (χ2v) is 8.91. The SMILES string of the molecule is CCCc1cc(=O)[nH]c(SCc2ccc(CSc3nc(CCC)cc(=O)[nH]3)cc2)n1. The van der Waals surface area contributed by atoms with E-state index in [1.807, 2.05) is 0 Å². The number of rotatable bonds is 10. The molecule has 0 saturated carbocycles. The lowest BCUT2D eigenvalue weighted by Crippen LogP contribution is -2.10. The smallest absolute Gasteiger partial charge is 0.251 e. The van der Waals surface area contributed by atoms with Gasteiger partial charge in [0.25, 0.3) is 11.1 Å². The van der Waals surface area contributed by atoms with Crippen LogP contribution in [0.5, 0.6) is 0 Å². The first-order valence-corrected chi connectivity index (χ1v) is 12.1. The Morgan fingerprint density at radius 1 is 0.733 bits per heavy atom. The predicted molar refractivity (Wildman–Crippen MR) is 123 cm³/mol. The molecule has 0 bridgehead atoms. The van der Waals surface area contributed by atoms with E-state index in [2.05, 4.69) is 58.0 Å². The first-order valence-electron chi connectivity index (χ1n) is 10.1. The standard InChI is InChI=1S/C22H26N4O2S2/c1-3-5-17-11-19(27)25-21(23-17)29-13-15-7-9-16(10-8-15)14-30-22-24-18(6-4-2)12-20(28)26-22/h7-12H,3-6,13-14H2,1-2H3,(H,23,25,27)(H,24,26,28). The van der Waals surface area contributed by atoms with Gasteiger partial charge in [0.1, 0.15) is 0 Å². The van der Waals surface area contributed by atoms with E-state index in [-0.39, 0.29) is 11.1 Å². The average Bonchev–Trinajstić information content (AvgIpc) is 2.71. The summed E-state index contributed by atoms with van der Waals surface area (Å²) in [6, 6.07) is 11.5. The van der Waals surface area contributed by atoms with E-state index in [4.69, 9.17) is 0 Å². The van der Waals surface area contributed by atoms with Crippen molar-refractivity contribution in [3.8, 4) is 0 Å². The predicted octanol–water partition coefficient (Wildman–Crippen LogP) is 4.34. The normalized spacial score (nSPS) is 11.0. The van der Waals surface area contributed by atoms with Gasteiger partial charge in [-0.2, -0.15) is 0 Å². The van der Waals surface area contributed by atoms with Crippen LogP contribution < -0.4 is 11.1 Å². The molecule has 1 aromatic carbocycles. The van der Waals surface area contributed by atoms with Crippen molar-refractivity contribution < 1.29 is 0 Å². The zero-order chi connectivity index (χ0) is 21.3. The molecule has 0 radical (unpaired) electrons. The van der Waals surface area contributed by atoms with E-state index in [0.29, 0.717) is 10.3 Å². The molecular weight excluding hydrogens is 416 g/mol. The Bertz CT molecular complexity index is 991. The van der Waals surface area contributed by atoms with Gasteiger partial charge in [0, 0.05) is 35.0 Å². The van der Waals surface area contributed by atoms with Crippen molar-refractivity contribution in [3.05, 3.63) is 79.6 Å². The average molecular weight is 443 g/mol. The van der Waals surface area contributed by atoms with Crippen LogP contribution >= 0.6 is 23.5 Å². The molecule has 0 aliphatic heterocycles. The molecule has 2 N–H and O–H groups in total. The van der Waals surface area contributed by atoms with Gasteiger partial charge in [-0.1, -0.05) is 74.5 Å². The highest BCUT2D eigenvalue weighted by molar-refractivity contribution is 7.98. The second kappa shape index (κ2) is 11.2. The highest BCUT2D eigenvalue weighted by Crippen LogP contribution is 2.22. The third-order valence-corrected chi connectivity index (χ3v) is 6.22. The van der Waals surface area contributed by atoms with Crippen LogP contribution in [0.15, 0.2) is 56.3 Å². The molecule has 0 fully saturated rings. The number of aromatic amines is 2. The first-order chi connectivity index (χ1) is 14.6. The maximum Gasteiger partial charge on any atom is 0.251 e. The molecule has 8 heteroatoms. The molecule has 6 nitrogen and oxygen atoms in total. The molecular formula is C22H26N4O2S2. The Balaban J connectivity index is 1.57. The Labute approximate surface area is 184 Å². The van der Waals surface area contributed by atoms with E-state index in [1.54, 1.807) is 12.1 Å². The zero-order valence-electron chi connectivity index (χ0n) is 17.2. The van der Waals surface area contributed by atoms with E-state index < -0.39 is 0 Å². The van der Waals surface area contributed by atoms with Crippen LogP contribution in [-0.2, 0) is 24.3 Å². The quantitative estimate of drug-likeness (QED) is 0.358. The molecule has 2 heterocycles. The molecule has 0 spiro atoms. The largest absolute Gasteiger partial charge is 0.301 e. The van der Waals surface area contributed by atoms with E-state index in [1.165, 1.54) is 23.5 Å². The summed E-state index contributed by atoms with van der Waals surface area (Å²) in [5, 5.41) is 1.32. The summed E-state index contributed by atoms with van der Waals surface area (Å²) >= 11 is 3.06. The molecule has 3 rings (SSSR count). The third-order valence-electron chi connectivity index (χ3n) is 4.33. The van der Waals surface area contributed by atoms with Crippen LogP contribution in [0.25, 0.3) is 0 Å². The molecule has 2 aromatic heterocycles.